The van der Waals surface area contributed by atoms with Gasteiger partial charge in [-0.1, -0.05) is 24.6 Å². The summed E-state index contributed by atoms with van der Waals surface area (Å²) in [5, 5.41) is 3.38. The molecule has 0 bridgehead atoms. The van der Waals surface area contributed by atoms with Crippen molar-refractivity contribution in [3.05, 3.63) is 62.0 Å². The van der Waals surface area contributed by atoms with Crippen molar-refractivity contribution in [1.82, 2.24) is 10.3 Å². The summed E-state index contributed by atoms with van der Waals surface area (Å²) in [6, 6.07) is 6.82. The van der Waals surface area contributed by atoms with Gasteiger partial charge in [-0.25, -0.2) is 4.39 Å². The van der Waals surface area contributed by atoms with Crippen LogP contribution in [0, 0.1) is 12.7 Å². The molecule has 2 rings (SSSR count). The SMILES string of the molecule is CCCNC(c1cc(C)ccc1F)c1ncc(Br)cc1Br. The number of benzene rings is 1. The van der Waals surface area contributed by atoms with Gasteiger partial charge in [0.1, 0.15) is 5.82 Å². The summed E-state index contributed by atoms with van der Waals surface area (Å²) >= 11 is 6.92. The fraction of sp³-hybridized carbons (Fsp3) is 0.312. The van der Waals surface area contributed by atoms with Gasteiger partial charge in [-0.2, -0.15) is 0 Å². The highest BCUT2D eigenvalue weighted by atomic mass is 79.9. The van der Waals surface area contributed by atoms with Gasteiger partial charge in [0.25, 0.3) is 0 Å². The van der Waals surface area contributed by atoms with Crippen LogP contribution >= 0.6 is 31.9 Å². The van der Waals surface area contributed by atoms with Crippen molar-refractivity contribution >= 4 is 31.9 Å². The third-order valence-electron chi connectivity index (χ3n) is 3.17. The molecule has 0 radical (unpaired) electrons. The van der Waals surface area contributed by atoms with Crippen molar-refractivity contribution in [2.24, 2.45) is 0 Å². The van der Waals surface area contributed by atoms with E-state index < -0.39 is 0 Å². The summed E-state index contributed by atoms with van der Waals surface area (Å²) in [7, 11) is 0. The third kappa shape index (κ3) is 4.11. The van der Waals surface area contributed by atoms with E-state index in [9.17, 15) is 4.39 Å². The number of nitrogens with zero attached hydrogens (tertiary/aromatic N) is 1. The highest BCUT2D eigenvalue weighted by Gasteiger charge is 2.21. The van der Waals surface area contributed by atoms with Crippen molar-refractivity contribution in [2.45, 2.75) is 26.3 Å². The highest BCUT2D eigenvalue weighted by molar-refractivity contribution is 9.11. The van der Waals surface area contributed by atoms with Crippen LogP contribution in [-0.4, -0.2) is 11.5 Å². The molecule has 0 saturated carbocycles. The highest BCUT2D eigenvalue weighted by Crippen LogP contribution is 2.30. The van der Waals surface area contributed by atoms with Gasteiger partial charge in [0.15, 0.2) is 0 Å². The fourth-order valence-corrected chi connectivity index (χ4v) is 3.38. The predicted octanol–water partition coefficient (Wildman–Crippen LogP) is 5.14. The van der Waals surface area contributed by atoms with E-state index in [2.05, 4.69) is 49.1 Å². The number of aromatic nitrogens is 1. The lowest BCUT2D eigenvalue weighted by molar-refractivity contribution is 0.537. The third-order valence-corrected chi connectivity index (χ3v) is 4.24. The van der Waals surface area contributed by atoms with Crippen LogP contribution in [0.3, 0.4) is 0 Å². The van der Waals surface area contributed by atoms with E-state index in [1.54, 1.807) is 12.3 Å². The Balaban J connectivity index is 2.49. The lowest BCUT2D eigenvalue weighted by Gasteiger charge is -2.21. The molecular formula is C16H17Br2FN2. The summed E-state index contributed by atoms with van der Waals surface area (Å²) in [4.78, 5) is 4.46. The summed E-state index contributed by atoms with van der Waals surface area (Å²) in [5.41, 5.74) is 2.44. The van der Waals surface area contributed by atoms with E-state index in [0.717, 1.165) is 33.2 Å². The summed E-state index contributed by atoms with van der Waals surface area (Å²) < 4.78 is 16.0. The number of hydrogen-bond acceptors (Lipinski definition) is 2. The largest absolute Gasteiger partial charge is 0.305 e. The first-order valence-corrected chi connectivity index (χ1v) is 8.42. The molecule has 1 atom stereocenters. The molecule has 1 aromatic heterocycles. The quantitative estimate of drug-likeness (QED) is 0.730. The van der Waals surface area contributed by atoms with Crippen molar-refractivity contribution in [3.8, 4) is 0 Å². The van der Waals surface area contributed by atoms with Crippen LogP contribution < -0.4 is 5.32 Å². The zero-order chi connectivity index (χ0) is 15.4. The molecule has 1 aromatic carbocycles. The molecule has 2 aromatic rings. The number of rotatable bonds is 5. The minimum Gasteiger partial charge on any atom is -0.305 e. The Morgan fingerprint density at radius 3 is 2.71 bits per heavy atom. The maximum Gasteiger partial charge on any atom is 0.128 e. The minimum atomic E-state index is -0.271. The normalized spacial score (nSPS) is 12.4. The Hall–Kier alpha value is -0.780. The molecule has 0 spiro atoms. The van der Waals surface area contributed by atoms with Gasteiger partial charge in [0.05, 0.1) is 11.7 Å². The van der Waals surface area contributed by atoms with Gasteiger partial charge < -0.3 is 5.32 Å². The number of pyridine rings is 1. The number of nitrogens with one attached hydrogen (secondary N) is 1. The molecule has 1 unspecified atom stereocenters. The summed E-state index contributed by atoms with van der Waals surface area (Å²) in [5.74, 6) is -0.217. The minimum absolute atomic E-state index is 0.217. The van der Waals surface area contributed by atoms with Crippen LogP contribution in [0.25, 0.3) is 0 Å². The molecular weight excluding hydrogens is 399 g/mol. The van der Waals surface area contributed by atoms with E-state index >= 15 is 0 Å². The zero-order valence-corrected chi connectivity index (χ0v) is 15.1. The van der Waals surface area contributed by atoms with E-state index in [1.807, 2.05) is 19.1 Å². The molecule has 5 heteroatoms. The average Bonchev–Trinajstić information content (AvgIpc) is 2.44. The first-order chi connectivity index (χ1) is 10.0. The number of aryl methyl sites for hydroxylation is 1. The number of halogens is 3. The second kappa shape index (κ2) is 7.47. The lowest BCUT2D eigenvalue weighted by atomic mass is 10.00. The van der Waals surface area contributed by atoms with Gasteiger partial charge in [0.2, 0.25) is 0 Å². The van der Waals surface area contributed by atoms with Crippen LogP contribution in [0.4, 0.5) is 4.39 Å². The Kier molecular flexibility index (Phi) is 5.90. The van der Waals surface area contributed by atoms with Crippen LogP contribution in [-0.2, 0) is 0 Å². The molecule has 2 nitrogen and oxygen atoms in total. The fourth-order valence-electron chi connectivity index (χ4n) is 2.16. The Bertz CT molecular complexity index is 632. The zero-order valence-electron chi connectivity index (χ0n) is 12.0. The van der Waals surface area contributed by atoms with E-state index in [1.165, 1.54) is 6.07 Å². The standard InChI is InChI=1S/C16H17Br2FN2/c1-3-6-20-15(12-7-10(2)4-5-14(12)19)16-13(18)8-11(17)9-21-16/h4-5,7-9,15,20H,3,6H2,1-2H3. The molecule has 0 fully saturated rings. The maximum atomic E-state index is 14.3. The van der Waals surface area contributed by atoms with Crippen LogP contribution in [0.5, 0.6) is 0 Å². The van der Waals surface area contributed by atoms with Crippen LogP contribution in [0.2, 0.25) is 0 Å². The summed E-state index contributed by atoms with van der Waals surface area (Å²) in [6.45, 7) is 4.84. The molecule has 1 N–H and O–H groups in total. The van der Waals surface area contributed by atoms with Gasteiger partial charge in [0, 0.05) is 20.7 Å². The second-order valence-electron chi connectivity index (χ2n) is 4.93. The van der Waals surface area contributed by atoms with E-state index in [4.69, 9.17) is 0 Å². The van der Waals surface area contributed by atoms with Gasteiger partial charge >= 0.3 is 0 Å². The molecule has 1 heterocycles. The first kappa shape index (κ1) is 16.6. The van der Waals surface area contributed by atoms with Crippen LogP contribution in [0.1, 0.15) is 36.2 Å². The average molecular weight is 416 g/mol. The van der Waals surface area contributed by atoms with Gasteiger partial charge in [-0.05, 0) is 63.9 Å². The predicted molar refractivity (Wildman–Crippen MR) is 90.9 cm³/mol. The maximum absolute atomic E-state index is 14.3. The molecule has 21 heavy (non-hydrogen) atoms. The molecule has 112 valence electrons. The second-order valence-corrected chi connectivity index (χ2v) is 6.70. The summed E-state index contributed by atoms with van der Waals surface area (Å²) in [6.07, 6.45) is 2.70. The molecule has 0 aliphatic carbocycles. The Morgan fingerprint density at radius 2 is 2.05 bits per heavy atom. The Labute approximate surface area is 141 Å². The smallest absolute Gasteiger partial charge is 0.128 e. The topological polar surface area (TPSA) is 24.9 Å². The molecule has 0 aliphatic heterocycles. The monoisotopic (exact) mass is 414 g/mol. The first-order valence-electron chi connectivity index (χ1n) is 6.83. The van der Waals surface area contributed by atoms with Crippen molar-refractivity contribution in [2.75, 3.05) is 6.54 Å². The lowest BCUT2D eigenvalue weighted by Crippen LogP contribution is -2.25. The molecule has 0 aliphatic rings. The Morgan fingerprint density at radius 1 is 1.29 bits per heavy atom. The number of hydrogen-bond donors (Lipinski definition) is 1. The van der Waals surface area contributed by atoms with Gasteiger partial charge in [-0.3, -0.25) is 4.98 Å². The van der Waals surface area contributed by atoms with Gasteiger partial charge in [-0.15, -0.1) is 0 Å². The molecule has 0 amide bonds. The molecule has 0 saturated heterocycles. The van der Waals surface area contributed by atoms with Crippen molar-refractivity contribution in [3.63, 3.8) is 0 Å². The van der Waals surface area contributed by atoms with Crippen LogP contribution in [0.15, 0.2) is 39.4 Å². The van der Waals surface area contributed by atoms with E-state index in [0.29, 0.717) is 5.56 Å². The van der Waals surface area contributed by atoms with E-state index in [-0.39, 0.29) is 11.9 Å². The van der Waals surface area contributed by atoms with Crippen molar-refractivity contribution < 1.29 is 4.39 Å². The van der Waals surface area contributed by atoms with Crippen molar-refractivity contribution in [1.29, 1.82) is 0 Å².